The highest BCUT2D eigenvalue weighted by molar-refractivity contribution is 5.77. The van der Waals surface area contributed by atoms with Gasteiger partial charge in [-0.15, -0.1) is 0 Å². The van der Waals surface area contributed by atoms with Crippen LogP contribution in [0.1, 0.15) is 11.4 Å². The van der Waals surface area contributed by atoms with E-state index in [1.54, 1.807) is 24.5 Å². The molecule has 0 unspecified atom stereocenters. The highest BCUT2D eigenvalue weighted by Gasteiger charge is 2.11. The molecule has 24 heavy (non-hydrogen) atoms. The number of rotatable bonds is 5. The molecule has 3 rings (SSSR count). The second kappa shape index (κ2) is 6.95. The van der Waals surface area contributed by atoms with E-state index in [-0.39, 0.29) is 24.4 Å². The van der Waals surface area contributed by atoms with Gasteiger partial charge in [-0.05, 0) is 18.2 Å². The van der Waals surface area contributed by atoms with Crippen LogP contribution < -0.4 is 5.32 Å². The number of aromatic amines is 1. The Morgan fingerprint density at radius 2 is 1.96 bits per heavy atom. The Balaban J connectivity index is 1.58. The Hall–Kier alpha value is -3.16. The summed E-state index contributed by atoms with van der Waals surface area (Å²) in [6.07, 6.45) is 3.21. The number of benzene rings is 1. The fourth-order valence-corrected chi connectivity index (χ4v) is 2.08. The van der Waals surface area contributed by atoms with E-state index >= 15 is 0 Å². The summed E-state index contributed by atoms with van der Waals surface area (Å²) >= 11 is 0. The lowest BCUT2D eigenvalue weighted by atomic mass is 10.2. The summed E-state index contributed by atoms with van der Waals surface area (Å²) in [6.45, 7) is -0.0315. The number of amides is 1. The smallest absolute Gasteiger partial charge is 0.227 e. The molecule has 2 N–H and O–H groups in total. The molecule has 0 bridgehead atoms. The first-order valence-corrected chi connectivity index (χ1v) is 7.14. The highest BCUT2D eigenvalue weighted by atomic mass is 19.1. The minimum Gasteiger partial charge on any atom is -0.352 e. The topological polar surface area (TPSA) is 83.6 Å². The van der Waals surface area contributed by atoms with Gasteiger partial charge in [-0.1, -0.05) is 6.07 Å². The van der Waals surface area contributed by atoms with Crippen LogP contribution in [0, 0.1) is 11.6 Å². The van der Waals surface area contributed by atoms with Crippen LogP contribution in [-0.2, 0) is 17.8 Å². The number of hydrogen-bond donors (Lipinski definition) is 2. The van der Waals surface area contributed by atoms with Gasteiger partial charge in [0.2, 0.25) is 5.91 Å². The van der Waals surface area contributed by atoms with Gasteiger partial charge >= 0.3 is 0 Å². The minimum absolute atomic E-state index is 0.0269. The van der Waals surface area contributed by atoms with Gasteiger partial charge in [0.25, 0.3) is 0 Å². The number of carbonyl (C=O) groups is 1. The second-order valence-electron chi connectivity index (χ2n) is 5.03. The zero-order valence-corrected chi connectivity index (χ0v) is 12.5. The van der Waals surface area contributed by atoms with Crippen molar-refractivity contribution in [1.29, 1.82) is 0 Å². The number of carbonyl (C=O) groups excluding carboxylic acids is 1. The summed E-state index contributed by atoms with van der Waals surface area (Å²) in [6, 6.07) is 6.72. The van der Waals surface area contributed by atoms with Crippen molar-refractivity contribution in [1.82, 2.24) is 25.5 Å². The van der Waals surface area contributed by atoms with Crippen molar-refractivity contribution in [2.75, 3.05) is 0 Å². The van der Waals surface area contributed by atoms with Crippen LogP contribution in [-0.4, -0.2) is 26.1 Å². The number of nitrogens with zero attached hydrogens (tertiary/aromatic N) is 3. The lowest BCUT2D eigenvalue weighted by Crippen LogP contribution is -2.25. The average molecular weight is 329 g/mol. The lowest BCUT2D eigenvalue weighted by Gasteiger charge is -2.05. The number of hydrogen-bond acceptors (Lipinski definition) is 4. The zero-order valence-electron chi connectivity index (χ0n) is 12.5. The third-order valence-corrected chi connectivity index (χ3v) is 3.29. The summed E-state index contributed by atoms with van der Waals surface area (Å²) in [5.41, 5.74) is 0.987. The van der Waals surface area contributed by atoms with Gasteiger partial charge in [-0.25, -0.2) is 13.8 Å². The molecule has 3 aromatic rings. The quantitative estimate of drug-likeness (QED) is 0.750. The third kappa shape index (κ3) is 3.78. The van der Waals surface area contributed by atoms with Gasteiger partial charge in [0.1, 0.15) is 17.5 Å². The Kier molecular flexibility index (Phi) is 4.55. The predicted molar refractivity (Wildman–Crippen MR) is 81.5 cm³/mol. The molecule has 2 aromatic heterocycles. The van der Waals surface area contributed by atoms with Crippen molar-refractivity contribution in [3.63, 3.8) is 0 Å². The summed E-state index contributed by atoms with van der Waals surface area (Å²) < 4.78 is 26.3. The van der Waals surface area contributed by atoms with Crippen molar-refractivity contribution in [2.45, 2.75) is 13.0 Å². The summed E-state index contributed by atoms with van der Waals surface area (Å²) in [7, 11) is 0. The number of nitrogens with one attached hydrogen (secondary N) is 2. The Morgan fingerprint density at radius 3 is 2.71 bits per heavy atom. The fourth-order valence-electron chi connectivity index (χ4n) is 2.08. The third-order valence-electron chi connectivity index (χ3n) is 3.29. The van der Waals surface area contributed by atoms with Crippen molar-refractivity contribution < 1.29 is 13.6 Å². The van der Waals surface area contributed by atoms with Gasteiger partial charge in [0.15, 0.2) is 5.82 Å². The standard InChI is InChI=1S/C16H13F2N5O/c17-12-2-1-11(13(18)7-12)9-20-15(24)8-14-21-16(23-22-14)10-3-5-19-6-4-10/h1-7H,8-9H2,(H,20,24)(H,21,22,23). The summed E-state index contributed by atoms with van der Waals surface area (Å²) in [4.78, 5) is 20.0. The molecule has 0 spiro atoms. The molecule has 0 aliphatic heterocycles. The Bertz CT molecular complexity index is 851. The van der Waals surface area contributed by atoms with Crippen LogP contribution in [0.5, 0.6) is 0 Å². The summed E-state index contributed by atoms with van der Waals surface area (Å²) in [5.74, 6) is -0.859. The first-order chi connectivity index (χ1) is 11.6. The molecule has 1 amide bonds. The molecular formula is C16H13F2N5O. The van der Waals surface area contributed by atoms with Crippen molar-refractivity contribution >= 4 is 5.91 Å². The van der Waals surface area contributed by atoms with E-state index in [2.05, 4.69) is 25.5 Å². The van der Waals surface area contributed by atoms with E-state index in [0.717, 1.165) is 17.7 Å². The van der Waals surface area contributed by atoms with E-state index in [1.807, 2.05) is 0 Å². The highest BCUT2D eigenvalue weighted by Crippen LogP contribution is 2.12. The number of H-pyrrole nitrogens is 1. The molecule has 0 saturated heterocycles. The van der Waals surface area contributed by atoms with Crippen LogP contribution in [0.25, 0.3) is 11.4 Å². The van der Waals surface area contributed by atoms with E-state index in [9.17, 15) is 13.6 Å². The van der Waals surface area contributed by atoms with E-state index < -0.39 is 11.6 Å². The van der Waals surface area contributed by atoms with Gasteiger partial charge in [-0.2, -0.15) is 5.10 Å². The maximum atomic E-state index is 13.5. The maximum absolute atomic E-state index is 13.5. The molecule has 0 fully saturated rings. The van der Waals surface area contributed by atoms with Crippen LogP contribution in [0.2, 0.25) is 0 Å². The molecule has 122 valence electrons. The normalized spacial score (nSPS) is 10.6. The van der Waals surface area contributed by atoms with E-state index in [4.69, 9.17) is 0 Å². The molecule has 1 aromatic carbocycles. The maximum Gasteiger partial charge on any atom is 0.227 e. The Labute approximate surface area is 136 Å². The monoisotopic (exact) mass is 329 g/mol. The first-order valence-electron chi connectivity index (χ1n) is 7.14. The number of pyridine rings is 1. The van der Waals surface area contributed by atoms with Crippen molar-refractivity contribution in [3.05, 3.63) is 65.7 Å². The molecule has 6 nitrogen and oxygen atoms in total. The van der Waals surface area contributed by atoms with E-state index in [0.29, 0.717) is 11.6 Å². The summed E-state index contributed by atoms with van der Waals surface area (Å²) in [5, 5.41) is 9.28. The van der Waals surface area contributed by atoms with Crippen LogP contribution in [0.3, 0.4) is 0 Å². The van der Waals surface area contributed by atoms with Crippen molar-refractivity contribution in [3.8, 4) is 11.4 Å². The van der Waals surface area contributed by atoms with Gasteiger partial charge < -0.3 is 5.32 Å². The lowest BCUT2D eigenvalue weighted by molar-refractivity contribution is -0.120. The molecule has 0 saturated carbocycles. The second-order valence-corrected chi connectivity index (χ2v) is 5.03. The fraction of sp³-hybridized carbons (Fsp3) is 0.125. The predicted octanol–water partition coefficient (Wildman–Crippen LogP) is 2.00. The molecular weight excluding hydrogens is 316 g/mol. The average Bonchev–Trinajstić information content (AvgIpc) is 3.03. The van der Waals surface area contributed by atoms with Crippen LogP contribution in [0.4, 0.5) is 8.78 Å². The minimum atomic E-state index is -0.699. The molecule has 0 atom stereocenters. The molecule has 8 heteroatoms. The molecule has 2 heterocycles. The number of halogens is 2. The molecule has 0 aliphatic carbocycles. The SMILES string of the molecule is O=C(Cc1nc(-c2ccncc2)n[nH]1)NCc1ccc(F)cc1F. The largest absolute Gasteiger partial charge is 0.352 e. The van der Waals surface area contributed by atoms with E-state index in [1.165, 1.54) is 6.07 Å². The first kappa shape index (κ1) is 15.7. The van der Waals surface area contributed by atoms with Gasteiger partial charge in [-0.3, -0.25) is 14.9 Å². The van der Waals surface area contributed by atoms with Gasteiger partial charge in [0.05, 0.1) is 6.42 Å². The zero-order chi connectivity index (χ0) is 16.9. The van der Waals surface area contributed by atoms with Gasteiger partial charge in [0, 0.05) is 36.1 Å². The molecule has 0 radical (unpaired) electrons. The van der Waals surface area contributed by atoms with Crippen LogP contribution >= 0.6 is 0 Å². The molecule has 0 aliphatic rings. The van der Waals surface area contributed by atoms with Crippen LogP contribution in [0.15, 0.2) is 42.7 Å². The number of aromatic nitrogens is 4. The van der Waals surface area contributed by atoms with Crippen molar-refractivity contribution in [2.24, 2.45) is 0 Å². The Morgan fingerprint density at radius 1 is 1.17 bits per heavy atom.